The lowest BCUT2D eigenvalue weighted by atomic mass is 10.2. The summed E-state index contributed by atoms with van der Waals surface area (Å²) in [4.78, 5) is 4.88. The Labute approximate surface area is 147 Å². The molecule has 0 amide bonds. The van der Waals surface area contributed by atoms with Crippen LogP contribution in [0.25, 0.3) is 6.08 Å². The minimum atomic E-state index is 0.903. The van der Waals surface area contributed by atoms with Gasteiger partial charge in [0.05, 0.1) is 18.8 Å². The third-order valence-electron chi connectivity index (χ3n) is 4.39. The van der Waals surface area contributed by atoms with Gasteiger partial charge in [0.1, 0.15) is 18.1 Å². The molecule has 1 aliphatic rings. The van der Waals surface area contributed by atoms with Crippen LogP contribution >= 0.6 is 0 Å². The van der Waals surface area contributed by atoms with Crippen molar-refractivity contribution in [2.75, 3.05) is 5.32 Å². The lowest BCUT2D eigenvalue weighted by Gasteiger charge is -2.07. The Morgan fingerprint density at radius 1 is 0.920 bits per heavy atom. The zero-order valence-electron chi connectivity index (χ0n) is 14.7. The quantitative estimate of drug-likeness (QED) is 0.725. The first-order valence-corrected chi connectivity index (χ1v) is 8.39. The van der Waals surface area contributed by atoms with E-state index in [0.717, 1.165) is 28.7 Å². The van der Waals surface area contributed by atoms with Gasteiger partial charge in [0.2, 0.25) is 0 Å². The van der Waals surface area contributed by atoms with Gasteiger partial charge in [0.25, 0.3) is 11.7 Å². The average molecular weight is 329 g/mol. The zero-order chi connectivity index (χ0) is 17.4. The number of nitrogens with zero attached hydrogens (tertiary/aromatic N) is 3. The average Bonchev–Trinajstić information content (AvgIpc) is 3.13. The SMILES string of the molecule is Cc1ccc(N=C2C(Nc3ccc(C)cc3)=Cc3n2cc[n+]3C)cc1. The summed E-state index contributed by atoms with van der Waals surface area (Å²) in [5.74, 6) is 2.00. The van der Waals surface area contributed by atoms with Crippen LogP contribution in [0.4, 0.5) is 11.4 Å². The van der Waals surface area contributed by atoms with Gasteiger partial charge in [-0.15, -0.1) is 0 Å². The van der Waals surface area contributed by atoms with Gasteiger partial charge in [-0.25, -0.2) is 9.56 Å². The van der Waals surface area contributed by atoms with Crippen LogP contribution in [0.3, 0.4) is 0 Å². The summed E-state index contributed by atoms with van der Waals surface area (Å²) in [6.07, 6.45) is 6.22. The van der Waals surface area contributed by atoms with Crippen LogP contribution in [0.1, 0.15) is 17.0 Å². The van der Waals surface area contributed by atoms with Crippen LogP contribution in [-0.4, -0.2) is 10.4 Å². The predicted octanol–water partition coefficient (Wildman–Crippen LogP) is 3.97. The van der Waals surface area contributed by atoms with Gasteiger partial charge in [-0.2, -0.15) is 4.57 Å². The fourth-order valence-electron chi connectivity index (χ4n) is 2.90. The fourth-order valence-corrected chi connectivity index (χ4v) is 2.90. The molecule has 4 nitrogen and oxygen atoms in total. The second-order valence-corrected chi connectivity index (χ2v) is 6.46. The number of benzene rings is 2. The molecule has 0 spiro atoms. The summed E-state index contributed by atoms with van der Waals surface area (Å²) < 4.78 is 4.20. The number of imidazole rings is 1. The van der Waals surface area contributed by atoms with Gasteiger partial charge >= 0.3 is 0 Å². The summed E-state index contributed by atoms with van der Waals surface area (Å²) >= 11 is 0. The van der Waals surface area contributed by atoms with Crippen LogP contribution in [0.2, 0.25) is 0 Å². The van der Waals surface area contributed by atoms with Crippen LogP contribution in [0.15, 0.2) is 71.6 Å². The van der Waals surface area contributed by atoms with Crippen molar-refractivity contribution in [2.24, 2.45) is 12.0 Å². The standard InChI is InChI=1S/C21H20N4/c1-15-4-8-17(9-5-15)22-19-14-20-24(3)12-13-25(20)21(19)23-18-10-6-16(2)7-11-18/h4-14H,1-3H3/p+1. The topological polar surface area (TPSA) is 33.2 Å². The Morgan fingerprint density at radius 2 is 1.56 bits per heavy atom. The normalized spacial score (nSPS) is 14.5. The van der Waals surface area contributed by atoms with E-state index in [-0.39, 0.29) is 0 Å². The molecule has 3 aromatic rings. The van der Waals surface area contributed by atoms with E-state index in [1.54, 1.807) is 0 Å². The maximum atomic E-state index is 4.88. The number of hydrogen-bond acceptors (Lipinski definition) is 2. The molecule has 1 aliphatic heterocycles. The number of allylic oxidation sites excluding steroid dienone is 1. The van der Waals surface area contributed by atoms with Gasteiger partial charge in [0.15, 0.2) is 0 Å². The molecular formula is C21H21N4+. The summed E-state index contributed by atoms with van der Waals surface area (Å²) in [7, 11) is 2.04. The third kappa shape index (κ3) is 2.98. The molecule has 0 saturated heterocycles. The van der Waals surface area contributed by atoms with Crippen LogP contribution in [0, 0.1) is 13.8 Å². The number of aromatic nitrogens is 2. The van der Waals surface area contributed by atoms with E-state index >= 15 is 0 Å². The number of hydrogen-bond donors (Lipinski definition) is 1. The van der Waals surface area contributed by atoms with Crippen LogP contribution in [0.5, 0.6) is 0 Å². The Balaban J connectivity index is 1.74. The van der Waals surface area contributed by atoms with Crippen molar-refractivity contribution in [3.63, 3.8) is 0 Å². The van der Waals surface area contributed by atoms with Crippen molar-refractivity contribution in [1.82, 2.24) is 4.57 Å². The highest BCUT2D eigenvalue weighted by atomic mass is 15.2. The minimum Gasteiger partial charge on any atom is -0.350 e. The van der Waals surface area contributed by atoms with Gasteiger partial charge in [-0.05, 0) is 38.1 Å². The molecule has 0 fully saturated rings. The Morgan fingerprint density at radius 3 is 2.24 bits per heavy atom. The van der Waals surface area contributed by atoms with E-state index in [1.165, 1.54) is 11.1 Å². The molecule has 0 bridgehead atoms. The molecule has 2 aromatic carbocycles. The Bertz CT molecular complexity index is 974. The number of anilines is 1. The maximum Gasteiger partial charge on any atom is 0.290 e. The molecule has 1 N–H and O–H groups in total. The van der Waals surface area contributed by atoms with Gasteiger partial charge in [0, 0.05) is 5.69 Å². The van der Waals surface area contributed by atoms with Crippen LogP contribution in [-0.2, 0) is 7.05 Å². The highest BCUT2D eigenvalue weighted by molar-refractivity contribution is 6.10. The molecule has 0 aliphatic carbocycles. The molecule has 4 heteroatoms. The molecule has 124 valence electrons. The molecule has 0 atom stereocenters. The molecule has 0 unspecified atom stereocenters. The second-order valence-electron chi connectivity index (χ2n) is 6.46. The van der Waals surface area contributed by atoms with Gasteiger partial charge < -0.3 is 5.32 Å². The monoisotopic (exact) mass is 329 g/mol. The highest BCUT2D eigenvalue weighted by Gasteiger charge is 2.29. The van der Waals surface area contributed by atoms with E-state index in [4.69, 9.17) is 4.99 Å². The second kappa shape index (κ2) is 6.06. The number of aliphatic imine (C=N–C) groups is 1. The summed E-state index contributed by atoms with van der Waals surface area (Å²) in [6, 6.07) is 16.7. The molecule has 25 heavy (non-hydrogen) atoms. The van der Waals surface area contributed by atoms with E-state index in [1.807, 2.05) is 31.6 Å². The molecule has 0 saturated carbocycles. The first-order chi connectivity index (χ1) is 12.1. The van der Waals surface area contributed by atoms with Crippen molar-refractivity contribution in [3.05, 3.63) is 83.6 Å². The zero-order valence-corrected chi connectivity index (χ0v) is 14.7. The summed E-state index contributed by atoms with van der Waals surface area (Å²) in [6.45, 7) is 4.18. The number of nitrogens with one attached hydrogen (secondary N) is 1. The molecule has 2 heterocycles. The Kier molecular flexibility index (Phi) is 3.73. The lowest BCUT2D eigenvalue weighted by Crippen LogP contribution is -2.29. The third-order valence-corrected chi connectivity index (χ3v) is 4.39. The van der Waals surface area contributed by atoms with E-state index in [0.29, 0.717) is 0 Å². The highest BCUT2D eigenvalue weighted by Crippen LogP contribution is 2.23. The summed E-state index contributed by atoms with van der Waals surface area (Å²) in [5, 5.41) is 3.51. The van der Waals surface area contributed by atoms with Crippen molar-refractivity contribution in [3.8, 4) is 0 Å². The maximum absolute atomic E-state index is 4.88. The largest absolute Gasteiger partial charge is 0.350 e. The number of rotatable bonds is 3. The van der Waals surface area contributed by atoms with Crippen molar-refractivity contribution in [1.29, 1.82) is 0 Å². The predicted molar refractivity (Wildman–Crippen MR) is 102 cm³/mol. The van der Waals surface area contributed by atoms with E-state index < -0.39 is 0 Å². The van der Waals surface area contributed by atoms with Crippen molar-refractivity contribution in [2.45, 2.75) is 13.8 Å². The first kappa shape index (κ1) is 15.4. The van der Waals surface area contributed by atoms with Gasteiger partial charge in [-0.1, -0.05) is 35.4 Å². The van der Waals surface area contributed by atoms with Crippen LogP contribution < -0.4 is 9.88 Å². The van der Waals surface area contributed by atoms with Crippen molar-refractivity contribution >= 4 is 23.3 Å². The molecular weight excluding hydrogens is 308 g/mol. The summed E-state index contributed by atoms with van der Waals surface area (Å²) in [5.41, 5.74) is 5.48. The molecule has 0 radical (unpaired) electrons. The smallest absolute Gasteiger partial charge is 0.290 e. The molecule has 1 aromatic heterocycles. The van der Waals surface area contributed by atoms with E-state index in [9.17, 15) is 0 Å². The minimum absolute atomic E-state index is 0.903. The van der Waals surface area contributed by atoms with E-state index in [2.05, 4.69) is 70.8 Å². The number of aryl methyl sites for hydroxylation is 3. The fraction of sp³-hybridized carbons (Fsp3) is 0.143. The number of fused-ring (bicyclic) bond motifs is 1. The van der Waals surface area contributed by atoms with Gasteiger partial charge in [-0.3, -0.25) is 0 Å². The first-order valence-electron chi connectivity index (χ1n) is 8.39. The lowest BCUT2D eigenvalue weighted by molar-refractivity contribution is -0.672. The van der Waals surface area contributed by atoms with Crippen molar-refractivity contribution < 1.29 is 4.57 Å². The Hall–Kier alpha value is -3.14. The molecule has 4 rings (SSSR count).